The van der Waals surface area contributed by atoms with Gasteiger partial charge in [0.15, 0.2) is 0 Å². The molecule has 35 heavy (non-hydrogen) atoms. The number of nitrogens with one attached hydrogen (secondary N) is 1. The number of rotatable bonds is 8. The summed E-state index contributed by atoms with van der Waals surface area (Å²) in [7, 11) is -1.90. The first-order valence-corrected chi connectivity index (χ1v) is 13.0. The molecule has 0 saturated carbocycles. The van der Waals surface area contributed by atoms with Crippen LogP contribution in [-0.4, -0.2) is 44.9 Å². The summed E-state index contributed by atoms with van der Waals surface area (Å²) < 4.78 is 38.8. The first kappa shape index (κ1) is 24.9. The van der Waals surface area contributed by atoms with Crippen LogP contribution in [-0.2, 0) is 26.2 Å². The van der Waals surface area contributed by atoms with E-state index in [-0.39, 0.29) is 16.9 Å². The molecule has 0 spiro atoms. The quantitative estimate of drug-likeness (QED) is 0.491. The van der Waals surface area contributed by atoms with E-state index in [0.29, 0.717) is 38.2 Å². The second-order valence-corrected chi connectivity index (χ2v) is 10.5. The van der Waals surface area contributed by atoms with E-state index in [9.17, 15) is 13.2 Å². The second kappa shape index (κ2) is 11.0. The van der Waals surface area contributed by atoms with Gasteiger partial charge in [0.25, 0.3) is 0 Å². The molecule has 8 heteroatoms. The standard InChI is InChI=1S/C27H30N2O5S/c1-20(30)28-24-9-13-27(14-10-24)35(31,32)29-17-15-26(16-18-29)34-25-11-7-23(8-12-25)22-5-3-21(4-6-22)19-33-2/h3-14,26H,15-19H2,1-2H3,(H,28,30). The average molecular weight is 495 g/mol. The van der Waals surface area contributed by atoms with Crippen LogP contribution in [0.1, 0.15) is 25.3 Å². The van der Waals surface area contributed by atoms with Crippen LogP contribution in [0.2, 0.25) is 0 Å². The molecule has 1 saturated heterocycles. The van der Waals surface area contributed by atoms with Crippen LogP contribution in [0.4, 0.5) is 5.69 Å². The Labute approximate surface area is 206 Å². The molecule has 7 nitrogen and oxygen atoms in total. The van der Waals surface area contributed by atoms with Crippen LogP contribution in [0.5, 0.6) is 5.75 Å². The number of sulfonamides is 1. The van der Waals surface area contributed by atoms with Crippen molar-refractivity contribution in [2.75, 3.05) is 25.5 Å². The molecule has 0 radical (unpaired) electrons. The van der Waals surface area contributed by atoms with Crippen molar-refractivity contribution in [3.8, 4) is 16.9 Å². The van der Waals surface area contributed by atoms with Gasteiger partial charge in [-0.25, -0.2) is 8.42 Å². The van der Waals surface area contributed by atoms with Gasteiger partial charge in [-0.15, -0.1) is 0 Å². The Balaban J connectivity index is 1.32. The van der Waals surface area contributed by atoms with Gasteiger partial charge < -0.3 is 14.8 Å². The number of ether oxygens (including phenoxy) is 2. The lowest BCUT2D eigenvalue weighted by atomic mass is 10.0. The number of carbonyl (C=O) groups excluding carboxylic acids is 1. The van der Waals surface area contributed by atoms with Crippen molar-refractivity contribution in [2.24, 2.45) is 0 Å². The molecule has 184 valence electrons. The molecule has 1 amide bonds. The van der Waals surface area contributed by atoms with Gasteiger partial charge in [-0.1, -0.05) is 36.4 Å². The third kappa shape index (κ3) is 6.28. The first-order chi connectivity index (χ1) is 16.8. The van der Waals surface area contributed by atoms with Gasteiger partial charge in [0, 0.05) is 32.8 Å². The molecule has 0 aliphatic carbocycles. The van der Waals surface area contributed by atoms with Gasteiger partial charge >= 0.3 is 0 Å². The molecule has 1 heterocycles. The van der Waals surface area contributed by atoms with E-state index in [1.54, 1.807) is 19.2 Å². The van der Waals surface area contributed by atoms with Crippen molar-refractivity contribution in [1.82, 2.24) is 4.31 Å². The summed E-state index contributed by atoms with van der Waals surface area (Å²) in [6.07, 6.45) is 1.19. The molecule has 3 aromatic carbocycles. The molecular weight excluding hydrogens is 464 g/mol. The number of carbonyl (C=O) groups is 1. The zero-order valence-electron chi connectivity index (χ0n) is 19.9. The summed E-state index contributed by atoms with van der Waals surface area (Å²) in [4.78, 5) is 11.4. The summed E-state index contributed by atoms with van der Waals surface area (Å²) in [6, 6.07) is 22.5. The Morgan fingerprint density at radius 1 is 0.914 bits per heavy atom. The number of hydrogen-bond acceptors (Lipinski definition) is 5. The van der Waals surface area contributed by atoms with Gasteiger partial charge in [0.05, 0.1) is 11.5 Å². The Kier molecular flexibility index (Phi) is 7.85. The lowest BCUT2D eigenvalue weighted by molar-refractivity contribution is -0.114. The largest absolute Gasteiger partial charge is 0.490 e. The molecule has 4 rings (SSSR count). The molecule has 1 N–H and O–H groups in total. The van der Waals surface area contributed by atoms with Crippen LogP contribution in [0.3, 0.4) is 0 Å². The molecule has 1 aliphatic heterocycles. The second-order valence-electron chi connectivity index (χ2n) is 8.58. The molecule has 0 bridgehead atoms. The fourth-order valence-electron chi connectivity index (χ4n) is 4.13. The monoisotopic (exact) mass is 494 g/mol. The summed E-state index contributed by atoms with van der Waals surface area (Å²) in [5, 5.41) is 2.64. The Hall–Kier alpha value is -3.20. The van der Waals surface area contributed by atoms with Gasteiger partial charge in [-0.3, -0.25) is 4.79 Å². The summed E-state index contributed by atoms with van der Waals surface area (Å²) in [5.74, 6) is 0.577. The summed E-state index contributed by atoms with van der Waals surface area (Å²) in [6.45, 7) is 2.80. The maximum absolute atomic E-state index is 13.0. The van der Waals surface area contributed by atoms with E-state index in [2.05, 4.69) is 29.6 Å². The molecular formula is C27H30N2O5S. The minimum Gasteiger partial charge on any atom is -0.490 e. The predicted molar refractivity (Wildman–Crippen MR) is 136 cm³/mol. The lowest BCUT2D eigenvalue weighted by Crippen LogP contribution is -2.41. The molecule has 0 atom stereocenters. The van der Waals surface area contributed by atoms with Gasteiger partial charge in [0.2, 0.25) is 15.9 Å². The SMILES string of the molecule is COCc1ccc(-c2ccc(OC3CCN(S(=O)(=O)c4ccc(NC(C)=O)cc4)CC3)cc2)cc1. The number of piperidine rings is 1. The van der Waals surface area contributed by atoms with Crippen molar-refractivity contribution in [2.45, 2.75) is 37.4 Å². The highest BCUT2D eigenvalue weighted by Gasteiger charge is 2.30. The minimum absolute atomic E-state index is 0.0391. The third-order valence-electron chi connectivity index (χ3n) is 5.97. The number of amides is 1. The fourth-order valence-corrected chi connectivity index (χ4v) is 5.60. The topological polar surface area (TPSA) is 84.9 Å². The zero-order valence-corrected chi connectivity index (χ0v) is 20.8. The molecule has 3 aromatic rings. The highest BCUT2D eigenvalue weighted by molar-refractivity contribution is 7.89. The van der Waals surface area contributed by atoms with Crippen molar-refractivity contribution < 1.29 is 22.7 Å². The predicted octanol–water partition coefficient (Wildman–Crippen LogP) is 4.69. The van der Waals surface area contributed by atoms with E-state index in [1.807, 2.05) is 24.3 Å². The average Bonchev–Trinajstić information content (AvgIpc) is 2.86. The number of hydrogen-bond donors (Lipinski definition) is 1. The van der Waals surface area contributed by atoms with Crippen LogP contribution in [0.25, 0.3) is 11.1 Å². The zero-order chi connectivity index (χ0) is 24.8. The third-order valence-corrected chi connectivity index (χ3v) is 7.88. The van der Waals surface area contributed by atoms with Crippen molar-refractivity contribution in [3.63, 3.8) is 0 Å². The van der Waals surface area contributed by atoms with E-state index >= 15 is 0 Å². The Bertz CT molecular complexity index is 1230. The number of methoxy groups -OCH3 is 1. The van der Waals surface area contributed by atoms with E-state index in [4.69, 9.17) is 9.47 Å². The Morgan fingerprint density at radius 2 is 1.49 bits per heavy atom. The van der Waals surface area contributed by atoms with Gasteiger partial charge in [0.1, 0.15) is 11.9 Å². The van der Waals surface area contributed by atoms with Crippen LogP contribution < -0.4 is 10.1 Å². The number of benzene rings is 3. The summed E-state index contributed by atoms with van der Waals surface area (Å²) >= 11 is 0. The van der Waals surface area contributed by atoms with Crippen LogP contribution in [0.15, 0.2) is 77.7 Å². The van der Waals surface area contributed by atoms with E-state index < -0.39 is 10.0 Å². The molecule has 1 aliphatic rings. The summed E-state index contributed by atoms with van der Waals surface area (Å²) in [5.41, 5.74) is 3.93. The van der Waals surface area contributed by atoms with Gasteiger partial charge in [-0.2, -0.15) is 4.31 Å². The molecule has 0 unspecified atom stereocenters. The number of anilines is 1. The lowest BCUT2D eigenvalue weighted by Gasteiger charge is -2.31. The molecule has 0 aromatic heterocycles. The smallest absolute Gasteiger partial charge is 0.243 e. The highest BCUT2D eigenvalue weighted by atomic mass is 32.2. The van der Waals surface area contributed by atoms with E-state index in [0.717, 1.165) is 22.4 Å². The maximum atomic E-state index is 13.0. The van der Waals surface area contributed by atoms with Crippen molar-refractivity contribution >= 4 is 21.6 Å². The van der Waals surface area contributed by atoms with E-state index in [1.165, 1.54) is 23.4 Å². The minimum atomic E-state index is -3.59. The fraction of sp³-hybridized carbons (Fsp3) is 0.296. The van der Waals surface area contributed by atoms with Crippen molar-refractivity contribution in [3.05, 3.63) is 78.4 Å². The molecule has 1 fully saturated rings. The van der Waals surface area contributed by atoms with Crippen molar-refractivity contribution in [1.29, 1.82) is 0 Å². The van der Waals surface area contributed by atoms with Gasteiger partial charge in [-0.05, 0) is 65.9 Å². The first-order valence-electron chi connectivity index (χ1n) is 11.6. The number of nitrogens with zero attached hydrogens (tertiary/aromatic N) is 1. The van der Waals surface area contributed by atoms with Crippen LogP contribution in [0, 0.1) is 0 Å². The maximum Gasteiger partial charge on any atom is 0.243 e. The Morgan fingerprint density at radius 3 is 2.03 bits per heavy atom. The highest BCUT2D eigenvalue weighted by Crippen LogP contribution is 2.27. The normalized spacial score (nSPS) is 15.0. The van der Waals surface area contributed by atoms with Crippen LogP contribution >= 0.6 is 0 Å².